The molecule has 4 rings (SSSR count). The Labute approximate surface area is 177 Å². The van der Waals surface area contributed by atoms with Gasteiger partial charge < -0.3 is 10.1 Å². The zero-order chi connectivity index (χ0) is 22.3. The number of amides is 1. The molecule has 0 aromatic heterocycles. The molecule has 1 unspecified atom stereocenters. The molecule has 0 aliphatic carbocycles. The number of anilines is 1. The number of rotatable bonds is 4. The Morgan fingerprint density at radius 3 is 2.19 bits per heavy atom. The van der Waals surface area contributed by atoms with Gasteiger partial charge in [-0.1, -0.05) is 18.2 Å². The highest BCUT2D eigenvalue weighted by Gasteiger charge is 2.56. The molecule has 0 radical (unpaired) electrons. The van der Waals surface area contributed by atoms with Crippen LogP contribution in [0.1, 0.15) is 19.3 Å². The highest BCUT2D eigenvalue weighted by molar-refractivity contribution is 7.92. The normalized spacial score (nSPS) is 21.5. The predicted molar refractivity (Wildman–Crippen MR) is 107 cm³/mol. The number of nitrogens with zero attached hydrogens (tertiary/aromatic N) is 1. The molecule has 1 spiro atoms. The molecule has 1 atom stereocenters. The van der Waals surface area contributed by atoms with Crippen LogP contribution in [-0.4, -0.2) is 39.2 Å². The summed E-state index contributed by atoms with van der Waals surface area (Å²) in [7, 11) is -3.91. The van der Waals surface area contributed by atoms with Gasteiger partial charge in [0.2, 0.25) is 5.91 Å². The quantitative estimate of drug-likeness (QED) is 0.766. The Morgan fingerprint density at radius 2 is 1.61 bits per heavy atom. The average molecular weight is 454 g/mol. The van der Waals surface area contributed by atoms with Crippen molar-refractivity contribution in [2.24, 2.45) is 5.41 Å². The second-order valence-corrected chi connectivity index (χ2v) is 9.87. The summed E-state index contributed by atoms with van der Waals surface area (Å²) in [5.74, 6) is -0.759. The van der Waals surface area contributed by atoms with Gasteiger partial charge >= 0.3 is 6.36 Å². The molecule has 166 valence electrons. The van der Waals surface area contributed by atoms with Gasteiger partial charge in [0, 0.05) is 5.69 Å². The zero-order valence-electron chi connectivity index (χ0n) is 16.4. The minimum Gasteiger partial charge on any atom is -0.406 e. The topological polar surface area (TPSA) is 75.7 Å². The van der Waals surface area contributed by atoms with Crippen LogP contribution in [0.4, 0.5) is 18.9 Å². The first kappa shape index (κ1) is 21.6. The summed E-state index contributed by atoms with van der Waals surface area (Å²) >= 11 is 0. The van der Waals surface area contributed by atoms with Crippen LogP contribution in [0.5, 0.6) is 5.75 Å². The lowest BCUT2D eigenvalue weighted by Crippen LogP contribution is -2.43. The number of ether oxygens (including phenoxy) is 1. The van der Waals surface area contributed by atoms with Crippen LogP contribution in [0, 0.1) is 5.41 Å². The largest absolute Gasteiger partial charge is 0.573 e. The van der Waals surface area contributed by atoms with E-state index in [1.54, 1.807) is 18.2 Å². The van der Waals surface area contributed by atoms with E-state index in [0.717, 1.165) is 12.1 Å². The van der Waals surface area contributed by atoms with Crippen molar-refractivity contribution in [3.63, 3.8) is 0 Å². The maximum Gasteiger partial charge on any atom is 0.573 e. The van der Waals surface area contributed by atoms with Gasteiger partial charge in [0.05, 0.1) is 10.3 Å². The lowest BCUT2D eigenvalue weighted by molar-refractivity contribution is -0.274. The number of piperidine rings is 1. The van der Waals surface area contributed by atoms with Gasteiger partial charge in [-0.15, -0.1) is 13.2 Å². The van der Waals surface area contributed by atoms with Crippen LogP contribution >= 0.6 is 0 Å². The molecule has 2 aliphatic heterocycles. The van der Waals surface area contributed by atoms with Crippen molar-refractivity contribution in [2.75, 3.05) is 18.0 Å². The summed E-state index contributed by atoms with van der Waals surface area (Å²) in [6, 6.07) is 12.6. The number of halogens is 3. The van der Waals surface area contributed by atoms with E-state index in [9.17, 15) is 26.4 Å². The average Bonchev–Trinajstić information content (AvgIpc) is 3.01. The van der Waals surface area contributed by atoms with E-state index in [2.05, 4.69) is 10.1 Å². The van der Waals surface area contributed by atoms with Crippen molar-refractivity contribution in [1.82, 2.24) is 5.32 Å². The third-order valence-electron chi connectivity index (χ3n) is 5.86. The van der Waals surface area contributed by atoms with Crippen LogP contribution in [-0.2, 0) is 14.6 Å². The fraction of sp³-hybridized carbons (Fsp3) is 0.381. The summed E-state index contributed by atoms with van der Waals surface area (Å²) in [5, 5.41) is 2.04. The zero-order valence-corrected chi connectivity index (χ0v) is 17.2. The molecule has 2 saturated heterocycles. The van der Waals surface area contributed by atoms with E-state index in [1.807, 2.05) is 0 Å². The van der Waals surface area contributed by atoms with Crippen molar-refractivity contribution < 1.29 is 31.1 Å². The molecule has 2 heterocycles. The molecule has 31 heavy (non-hydrogen) atoms. The van der Waals surface area contributed by atoms with Gasteiger partial charge in [-0.3, -0.25) is 9.69 Å². The summed E-state index contributed by atoms with van der Waals surface area (Å²) < 4.78 is 68.2. The van der Waals surface area contributed by atoms with Crippen molar-refractivity contribution in [1.29, 1.82) is 0 Å². The van der Waals surface area contributed by atoms with Crippen LogP contribution in [0.15, 0.2) is 59.5 Å². The van der Waals surface area contributed by atoms with Crippen LogP contribution < -0.4 is 15.0 Å². The van der Waals surface area contributed by atoms with E-state index < -0.39 is 32.7 Å². The van der Waals surface area contributed by atoms with Crippen molar-refractivity contribution in [3.05, 3.63) is 54.6 Å². The maximum atomic E-state index is 13.5. The summed E-state index contributed by atoms with van der Waals surface area (Å²) in [6.07, 6.45) is -3.72. The summed E-state index contributed by atoms with van der Waals surface area (Å²) in [4.78, 5) is 14.8. The van der Waals surface area contributed by atoms with E-state index in [1.165, 1.54) is 29.2 Å². The smallest absolute Gasteiger partial charge is 0.406 e. The number of hydrogen-bond acceptors (Lipinski definition) is 5. The molecule has 6 nitrogen and oxygen atoms in total. The molecule has 1 N–H and O–H groups in total. The number of sulfone groups is 1. The molecule has 0 bridgehead atoms. The van der Waals surface area contributed by atoms with Gasteiger partial charge in [0.25, 0.3) is 0 Å². The fourth-order valence-electron chi connectivity index (χ4n) is 4.33. The van der Waals surface area contributed by atoms with Gasteiger partial charge in [-0.2, -0.15) is 0 Å². The fourth-order valence-corrected chi connectivity index (χ4v) is 6.21. The summed E-state index contributed by atoms with van der Waals surface area (Å²) in [5.41, 5.74) is -0.599. The van der Waals surface area contributed by atoms with Gasteiger partial charge in [-0.25, -0.2) is 8.42 Å². The van der Waals surface area contributed by atoms with Gasteiger partial charge in [0.15, 0.2) is 9.84 Å². The van der Waals surface area contributed by atoms with E-state index in [0.29, 0.717) is 25.9 Å². The maximum absolute atomic E-state index is 13.5. The molecule has 2 aromatic carbocycles. The monoisotopic (exact) mass is 454 g/mol. The lowest BCUT2D eigenvalue weighted by atomic mass is 9.77. The Balaban J connectivity index is 1.74. The molecule has 2 aromatic rings. The minimum absolute atomic E-state index is 0.0980. The summed E-state index contributed by atoms with van der Waals surface area (Å²) in [6.45, 7) is 1.19. The Morgan fingerprint density at radius 1 is 1.00 bits per heavy atom. The lowest BCUT2D eigenvalue weighted by Gasteiger charge is -2.31. The second kappa shape index (κ2) is 7.83. The SMILES string of the molecule is O=C1N(c2ccc(OC(F)(F)F)cc2)C(S(=O)(=O)c2ccccc2)CC12CCNCC2. The molecule has 2 aliphatic rings. The first-order valence-electron chi connectivity index (χ1n) is 9.82. The number of carbonyl (C=O) groups is 1. The molecular formula is C21H21F3N2O4S. The molecule has 2 fully saturated rings. The Kier molecular flexibility index (Phi) is 5.47. The number of alkyl halides is 3. The van der Waals surface area contributed by atoms with Crippen LogP contribution in [0.25, 0.3) is 0 Å². The van der Waals surface area contributed by atoms with E-state index in [-0.39, 0.29) is 22.9 Å². The van der Waals surface area contributed by atoms with Gasteiger partial charge in [-0.05, 0) is 68.8 Å². The number of carbonyl (C=O) groups excluding carboxylic acids is 1. The minimum atomic E-state index is -4.84. The number of nitrogens with one attached hydrogen (secondary N) is 1. The van der Waals surface area contributed by atoms with Crippen molar-refractivity contribution in [3.8, 4) is 5.75 Å². The highest BCUT2D eigenvalue weighted by atomic mass is 32.2. The molecule has 10 heteroatoms. The molecular weight excluding hydrogens is 433 g/mol. The van der Waals surface area contributed by atoms with Crippen molar-refractivity contribution in [2.45, 2.75) is 35.9 Å². The van der Waals surface area contributed by atoms with Crippen molar-refractivity contribution >= 4 is 21.4 Å². The number of benzene rings is 2. The predicted octanol–water partition coefficient (Wildman–Crippen LogP) is 3.49. The van der Waals surface area contributed by atoms with Gasteiger partial charge in [0.1, 0.15) is 11.1 Å². The standard InChI is InChI=1S/C21H21F3N2O4S/c22-21(23,24)30-16-8-6-15(7-9-16)26-18(31(28,29)17-4-2-1-3-5-17)14-20(19(26)27)10-12-25-13-11-20/h1-9,18,25H,10-14H2. The van der Waals surface area contributed by atoms with Crippen LogP contribution in [0.2, 0.25) is 0 Å². The number of hydrogen-bond donors (Lipinski definition) is 1. The van der Waals surface area contributed by atoms with Crippen LogP contribution in [0.3, 0.4) is 0 Å². The third-order valence-corrected chi connectivity index (χ3v) is 7.89. The van der Waals surface area contributed by atoms with E-state index >= 15 is 0 Å². The first-order valence-corrected chi connectivity index (χ1v) is 11.4. The first-order chi connectivity index (χ1) is 14.6. The molecule has 1 amide bonds. The third kappa shape index (κ3) is 4.14. The Hall–Kier alpha value is -2.59. The van der Waals surface area contributed by atoms with E-state index in [4.69, 9.17) is 0 Å². The second-order valence-electron chi connectivity index (χ2n) is 7.76. The highest BCUT2D eigenvalue weighted by Crippen LogP contribution is 2.47. The molecule has 0 saturated carbocycles. The Bertz CT molecular complexity index is 1050.